The van der Waals surface area contributed by atoms with Crippen molar-refractivity contribution in [1.29, 1.82) is 0 Å². The molecule has 131 heavy (non-hydrogen) atoms. The lowest BCUT2D eigenvalue weighted by atomic mass is 9.41. The number of carbonyl (C=O) groups excluding carboxylic acids is 4. The van der Waals surface area contributed by atoms with E-state index >= 15 is 0 Å². The molecule has 6 spiro atoms. The van der Waals surface area contributed by atoms with Crippen LogP contribution in [0.3, 0.4) is 0 Å². The molecule has 18 fully saturated rings. The van der Waals surface area contributed by atoms with Crippen LogP contribution in [-0.2, 0) is 38.1 Å². The van der Waals surface area contributed by atoms with E-state index in [1.165, 1.54) is 6.42 Å². The van der Waals surface area contributed by atoms with Crippen molar-refractivity contribution >= 4 is 23.6 Å². The number of hydrogen-bond donors (Lipinski definition) is 11. The molecule has 15 saturated carbocycles. The second-order valence-electron chi connectivity index (χ2n) is 53.9. The summed E-state index contributed by atoms with van der Waals surface area (Å²) in [4.78, 5) is 53.5. The number of rotatable bonds is 10. The van der Waals surface area contributed by atoms with Crippen LogP contribution in [0.5, 0.6) is 5.75 Å². The van der Waals surface area contributed by atoms with E-state index in [0.717, 1.165) is 141 Å². The number of Topliss-reactive ketones (excluding diaryl/α,β-unsaturated/α-hetero) is 2. The first-order chi connectivity index (χ1) is 59.7. The van der Waals surface area contributed by atoms with E-state index in [0.29, 0.717) is 43.3 Å². The molecular formula is C106H164F5NO19. The second kappa shape index (κ2) is 30.6. The number of nitrogens with one attached hydrogen (secondary N) is 1. The fraction of sp³-hybridized carbons (Fsp3) is 0.906. The average molecular weight is 1850 g/mol. The number of aliphatic hydroxyl groups excluding tert-OH is 6. The molecule has 1 aromatic carbocycles. The predicted molar refractivity (Wildman–Crippen MR) is 481 cm³/mol. The number of amides is 1. The number of esters is 1. The van der Waals surface area contributed by atoms with Gasteiger partial charge in [-0.05, 0) is 344 Å². The van der Waals surface area contributed by atoms with Gasteiger partial charge >= 0.3 is 12.1 Å². The first kappa shape index (κ1) is 100. The van der Waals surface area contributed by atoms with Crippen molar-refractivity contribution in [2.75, 3.05) is 0 Å². The number of alkyl carbamates (subject to hydrolysis) is 1. The predicted octanol–water partition coefficient (Wildman–Crippen LogP) is 17.9. The molecule has 11 N–H and O–H groups in total. The Bertz CT molecular complexity index is 4580. The highest BCUT2D eigenvalue weighted by Gasteiger charge is 2.89. The average Bonchev–Trinajstić information content (AvgIpc) is 1.47. The van der Waals surface area contributed by atoms with Crippen LogP contribution >= 0.6 is 0 Å². The zero-order valence-corrected chi connectivity index (χ0v) is 83.8. The number of fused-ring (bicyclic) bond motifs is 6. The van der Waals surface area contributed by atoms with E-state index in [9.17, 15) is 87.1 Å². The molecule has 3 heterocycles. The maximum absolute atomic E-state index is 14.1. The van der Waals surface area contributed by atoms with E-state index in [4.69, 9.17) is 28.8 Å². The number of phenols is 1. The van der Waals surface area contributed by atoms with Crippen LogP contribution in [-0.4, -0.2) is 181 Å². The number of carbonyl (C=O) groups is 4. The van der Waals surface area contributed by atoms with E-state index in [1.54, 1.807) is 34.6 Å². The normalized spacial score (nSPS) is 50.3. The molecular weight excluding hydrogens is 1690 g/mol. The van der Waals surface area contributed by atoms with E-state index in [2.05, 4.69) is 95.3 Å². The summed E-state index contributed by atoms with van der Waals surface area (Å²) in [7, 11) is 0. The Hall–Kier alpha value is -3.73. The molecule has 19 rings (SSSR count). The molecule has 3 saturated heterocycles. The zero-order valence-electron chi connectivity index (χ0n) is 83.8. The van der Waals surface area contributed by atoms with Crippen LogP contribution in [0.2, 0.25) is 0 Å². The van der Waals surface area contributed by atoms with Gasteiger partial charge in [-0.15, -0.1) is 0 Å². The first-order valence-electron chi connectivity index (χ1n) is 50.5. The molecule has 0 bridgehead atoms. The standard InChI is InChI=1S/C40H65NO8.C30H50O5.C30H48O5.C6HF5O/c1-22(2)28(41-32(45)49-33(3,4)5)31(44)47-24-19-25-37(11)20-23(42)29(38(12)15-14-27(48-38)35(8,9)46)36(37,10)17-18-39(25)21-40(39)16-13-26(43)34(6,7)30(24)40;2*1-24(2)20(33)8-11-30-16-29(30)13-12-26(5)23(28(7)10-9-21(35-28)25(3,4)34)18(32)15-27(26,6)19(29)14-17(31)22(24)30;7-1-2(8)4(10)6(12)5(11)3(1)9/h22-25,27-30,42,46H,13-21H2,1-12H3,(H,41,45);17-23,31-34H,8-16H2,1-7H3;17-19,21-23,31-32,34H,8-16H2,1-7H3;12H/t23-,24-,25?,27-,28-,29-,30-,36+,37-,38+,39?,40+;17-,18-,19?,20-,21-,22-,23-,26+,27-,28+,29?,30+;17-,18-,19?,21-,22-,23-,26+,27-,28+,29?,30+;/m000./s1. The molecule has 20 nitrogen and oxygen atoms in total. The number of aliphatic hydroxyl groups is 9. The van der Waals surface area contributed by atoms with Crippen molar-refractivity contribution in [3.63, 3.8) is 0 Å². The van der Waals surface area contributed by atoms with Crippen LogP contribution in [0.4, 0.5) is 26.7 Å². The van der Waals surface area contributed by atoms with Crippen LogP contribution in [0.25, 0.3) is 0 Å². The lowest BCUT2D eigenvalue weighted by molar-refractivity contribution is -0.213. The summed E-state index contributed by atoms with van der Waals surface area (Å²) in [6.07, 6.45) is 19.3. The second-order valence-corrected chi connectivity index (χ2v) is 53.9. The van der Waals surface area contributed by atoms with E-state index < -0.39 is 140 Å². The molecule has 1 aromatic rings. The third-order valence-electron chi connectivity index (χ3n) is 43.9. The minimum absolute atomic E-state index is 0.0126. The van der Waals surface area contributed by atoms with Gasteiger partial charge in [0, 0.05) is 53.3 Å². The molecule has 15 aliphatic carbocycles. The molecule has 742 valence electrons. The van der Waals surface area contributed by atoms with Crippen molar-refractivity contribution in [2.45, 2.75) is 460 Å². The van der Waals surface area contributed by atoms with Gasteiger partial charge in [0.2, 0.25) is 29.1 Å². The third-order valence-corrected chi connectivity index (χ3v) is 43.9. The van der Waals surface area contributed by atoms with Crippen molar-refractivity contribution < 1.29 is 116 Å². The third kappa shape index (κ3) is 13.9. The molecule has 0 radical (unpaired) electrons. The minimum atomic E-state index is -2.29. The van der Waals surface area contributed by atoms with Gasteiger partial charge in [-0.3, -0.25) is 9.59 Å². The number of ketones is 2. The first-order valence-corrected chi connectivity index (χ1v) is 50.5. The molecule has 18 aliphatic rings. The highest BCUT2D eigenvalue weighted by molar-refractivity contribution is 5.87. The number of ether oxygens (including phenoxy) is 5. The number of phenolic OH excluding ortho intramolecular Hbond substituents is 1. The van der Waals surface area contributed by atoms with Crippen LogP contribution in [0, 0.1) is 169 Å². The number of benzene rings is 1. The van der Waals surface area contributed by atoms with Crippen LogP contribution in [0.1, 0.15) is 353 Å². The summed E-state index contributed by atoms with van der Waals surface area (Å²) in [5.74, 6) is -12.1. The summed E-state index contributed by atoms with van der Waals surface area (Å²) >= 11 is 0. The Kier molecular flexibility index (Phi) is 23.5. The quantitative estimate of drug-likeness (QED) is 0.0449. The lowest BCUT2D eigenvalue weighted by Crippen LogP contribution is -2.62. The van der Waals surface area contributed by atoms with Gasteiger partial charge in [0.15, 0.2) is 5.75 Å². The Labute approximate surface area is 775 Å². The van der Waals surface area contributed by atoms with Gasteiger partial charge in [0.25, 0.3) is 0 Å². The summed E-state index contributed by atoms with van der Waals surface area (Å²) in [5.41, 5.74) is -6.54. The minimum Gasteiger partial charge on any atom is -0.503 e. The highest BCUT2D eigenvalue weighted by Crippen LogP contribution is 2.93. The molecule has 3 aliphatic heterocycles. The van der Waals surface area contributed by atoms with Gasteiger partial charge in [-0.2, -0.15) is 8.78 Å². The smallest absolute Gasteiger partial charge is 0.408 e. The van der Waals surface area contributed by atoms with Gasteiger partial charge in [-0.1, -0.05) is 96.9 Å². The number of aromatic hydroxyl groups is 1. The Morgan fingerprint density at radius 2 is 0.733 bits per heavy atom. The SMILES string of the molecule is CC(C)(O)[C@@H]1CC[C@](C)([C@H]2[C@@H](O)C[C@@]3(C)C4C[C@H](O)[C@H]5C(C)(C)C(=O)CC[C@@]56CC46CC[C@]23C)O1.CC(C)(O)[C@@H]1CC[C@](C)([C@H]2[C@@H](O)C[C@@]3(C)C4C[C@H](O)[C@H]5C(C)(C)[C@@H](O)CC[C@@]56CC46CC[C@]23C)O1.CC(C)[C@H](NC(=O)OC(C)(C)C)C(=O)O[C@H]1CC2C3(CC[C@]4(C)[C@@H]([C@@]5(C)CC[C@@H](C(C)(C)O)O5)[C@@H](O)C[C@@]24C)C[C@@]32CCC(=O)C(C)(C)[C@H]12.Oc1c(F)c(F)c(F)c(F)c1F. The van der Waals surface area contributed by atoms with Gasteiger partial charge in [-0.25, -0.2) is 22.8 Å². The maximum atomic E-state index is 14.1. The largest absolute Gasteiger partial charge is 0.503 e. The maximum Gasteiger partial charge on any atom is 0.408 e. The molecule has 0 aromatic heterocycles. The molecule has 1 amide bonds. The van der Waals surface area contributed by atoms with Crippen LogP contribution in [0.15, 0.2) is 0 Å². The van der Waals surface area contributed by atoms with Crippen molar-refractivity contribution in [3.8, 4) is 5.75 Å². The molecule has 6 unspecified atom stereocenters. The van der Waals surface area contributed by atoms with Crippen LogP contribution < -0.4 is 5.32 Å². The van der Waals surface area contributed by atoms with Gasteiger partial charge in [0.1, 0.15) is 29.3 Å². The monoisotopic (exact) mass is 1850 g/mol. The Morgan fingerprint density at radius 1 is 0.405 bits per heavy atom. The van der Waals surface area contributed by atoms with Gasteiger partial charge in [0.05, 0.1) is 88.5 Å². The Balaban J connectivity index is 0.000000137. The summed E-state index contributed by atoms with van der Waals surface area (Å²) in [6.45, 7) is 53.6. The number of hydrogen-bond acceptors (Lipinski definition) is 19. The summed E-state index contributed by atoms with van der Waals surface area (Å²) in [5, 5.41) is 113. The van der Waals surface area contributed by atoms with Crippen molar-refractivity contribution in [2.24, 2.45) is 140 Å². The molecule has 35 atom stereocenters. The van der Waals surface area contributed by atoms with E-state index in [-0.39, 0.29) is 148 Å². The highest BCUT2D eigenvalue weighted by atomic mass is 19.2. The zero-order chi connectivity index (χ0) is 97.2. The fourth-order valence-corrected chi connectivity index (χ4v) is 37.9. The summed E-state index contributed by atoms with van der Waals surface area (Å²) < 4.78 is 92.8. The summed E-state index contributed by atoms with van der Waals surface area (Å²) in [6, 6.07) is -0.896. The van der Waals surface area contributed by atoms with Gasteiger partial charge < -0.3 is 80.1 Å². The number of halogens is 5. The lowest BCUT2D eigenvalue weighted by Gasteiger charge is -2.64. The fourth-order valence-electron chi connectivity index (χ4n) is 37.9. The molecule has 25 heteroatoms. The Morgan fingerprint density at radius 3 is 1.08 bits per heavy atom. The van der Waals surface area contributed by atoms with Crippen molar-refractivity contribution in [3.05, 3.63) is 29.1 Å². The van der Waals surface area contributed by atoms with E-state index in [1.807, 2.05) is 55.4 Å². The van der Waals surface area contributed by atoms with Crippen molar-refractivity contribution in [1.82, 2.24) is 5.32 Å². The topological polar surface area (TPSA) is 329 Å².